The number of hydrogen-bond donors (Lipinski definition) is 5. The van der Waals surface area contributed by atoms with E-state index in [2.05, 4.69) is 31.7 Å². The van der Waals surface area contributed by atoms with Crippen molar-refractivity contribution in [2.45, 2.75) is 52.6 Å². The van der Waals surface area contributed by atoms with E-state index in [4.69, 9.17) is 5.73 Å². The van der Waals surface area contributed by atoms with E-state index in [0.717, 1.165) is 0 Å². The first-order valence-electron chi connectivity index (χ1n) is 6.25. The van der Waals surface area contributed by atoms with Gasteiger partial charge in [-0.1, -0.05) is 0 Å². The fourth-order valence-corrected chi connectivity index (χ4v) is 1.09. The molecule has 1 aromatic heterocycles. The van der Waals surface area contributed by atoms with Crippen LogP contribution in [0, 0.1) is 0 Å². The van der Waals surface area contributed by atoms with Crippen LogP contribution in [0.15, 0.2) is 6.33 Å². The van der Waals surface area contributed by atoms with Gasteiger partial charge in [-0.25, -0.2) is 20.8 Å². The van der Waals surface area contributed by atoms with Crippen molar-refractivity contribution in [3.63, 3.8) is 0 Å². The van der Waals surface area contributed by atoms with Crippen LogP contribution in [0.2, 0.25) is 0 Å². The van der Waals surface area contributed by atoms with Crippen LogP contribution < -0.4 is 27.4 Å². The molecule has 0 aliphatic heterocycles. The fraction of sp³-hybridized carbons (Fsp3) is 0.667. The lowest BCUT2D eigenvalue weighted by molar-refractivity contribution is 0.463. The van der Waals surface area contributed by atoms with Gasteiger partial charge in [0.15, 0.2) is 11.6 Å². The molecule has 0 aliphatic rings. The number of nitrogens with zero attached hydrogens (tertiary/aromatic N) is 2. The van der Waals surface area contributed by atoms with Crippen LogP contribution in [0.3, 0.4) is 0 Å². The fourth-order valence-electron chi connectivity index (χ4n) is 1.09. The summed E-state index contributed by atoms with van der Waals surface area (Å²) < 4.78 is 0. The molecular formula is C12H25N7. The Morgan fingerprint density at radius 2 is 1.21 bits per heavy atom. The van der Waals surface area contributed by atoms with E-state index in [0.29, 0.717) is 17.3 Å². The number of nitrogens with one attached hydrogen (secondary N) is 4. The number of nitrogen functional groups attached to an aromatic ring is 1. The lowest BCUT2D eigenvalue weighted by Gasteiger charge is -2.24. The van der Waals surface area contributed by atoms with Crippen molar-refractivity contribution in [3.05, 3.63) is 6.33 Å². The monoisotopic (exact) mass is 267 g/mol. The average Bonchev–Trinajstić information content (AvgIpc) is 2.23. The molecule has 7 heteroatoms. The summed E-state index contributed by atoms with van der Waals surface area (Å²) in [6.45, 7) is 12.2. The molecular weight excluding hydrogens is 242 g/mol. The maximum absolute atomic E-state index is 6.01. The Kier molecular flexibility index (Phi) is 4.54. The molecule has 6 N–H and O–H groups in total. The predicted octanol–water partition coefficient (Wildman–Crippen LogP) is 1.49. The van der Waals surface area contributed by atoms with Crippen LogP contribution in [-0.4, -0.2) is 21.0 Å². The Morgan fingerprint density at radius 3 is 1.53 bits per heavy atom. The SMILES string of the molecule is CC(C)(C)NNc1ncnc(NNC(C)(C)C)c1N. The molecule has 19 heavy (non-hydrogen) atoms. The molecule has 0 radical (unpaired) electrons. The van der Waals surface area contributed by atoms with Gasteiger partial charge in [0.25, 0.3) is 0 Å². The second kappa shape index (κ2) is 5.58. The van der Waals surface area contributed by atoms with E-state index in [-0.39, 0.29) is 11.1 Å². The zero-order valence-corrected chi connectivity index (χ0v) is 12.5. The minimum atomic E-state index is -0.0886. The van der Waals surface area contributed by atoms with Crippen LogP contribution in [0.25, 0.3) is 0 Å². The van der Waals surface area contributed by atoms with Crippen LogP contribution >= 0.6 is 0 Å². The minimum Gasteiger partial charge on any atom is -0.393 e. The van der Waals surface area contributed by atoms with E-state index in [1.807, 2.05) is 41.5 Å². The molecule has 0 aromatic carbocycles. The van der Waals surface area contributed by atoms with Crippen molar-refractivity contribution in [2.24, 2.45) is 0 Å². The third kappa shape index (κ3) is 5.71. The number of hydrogen-bond acceptors (Lipinski definition) is 7. The van der Waals surface area contributed by atoms with Crippen molar-refractivity contribution in [3.8, 4) is 0 Å². The van der Waals surface area contributed by atoms with Crippen LogP contribution in [0.1, 0.15) is 41.5 Å². The second-order valence-electron chi connectivity index (χ2n) is 6.48. The highest BCUT2D eigenvalue weighted by atomic mass is 15.4. The predicted molar refractivity (Wildman–Crippen MR) is 79.5 cm³/mol. The summed E-state index contributed by atoms with van der Waals surface area (Å²) in [5, 5.41) is 0. The number of hydrazine groups is 2. The molecule has 0 bridgehead atoms. The van der Waals surface area contributed by atoms with Gasteiger partial charge < -0.3 is 16.6 Å². The van der Waals surface area contributed by atoms with Gasteiger partial charge in [-0.05, 0) is 41.5 Å². The Hall–Kier alpha value is -1.60. The number of anilines is 3. The van der Waals surface area contributed by atoms with Gasteiger partial charge in [0.1, 0.15) is 12.0 Å². The van der Waals surface area contributed by atoms with Gasteiger partial charge in [-0.15, -0.1) is 0 Å². The number of rotatable bonds is 4. The largest absolute Gasteiger partial charge is 0.393 e. The topological polar surface area (TPSA) is 99.9 Å². The van der Waals surface area contributed by atoms with Gasteiger partial charge in [0.2, 0.25) is 0 Å². The maximum Gasteiger partial charge on any atom is 0.169 e. The number of nitrogens with two attached hydrogens (primary N) is 1. The lowest BCUT2D eigenvalue weighted by atomic mass is 10.1. The van der Waals surface area contributed by atoms with Gasteiger partial charge >= 0.3 is 0 Å². The van der Waals surface area contributed by atoms with E-state index in [9.17, 15) is 0 Å². The molecule has 0 unspecified atom stereocenters. The summed E-state index contributed by atoms with van der Waals surface area (Å²) in [6, 6.07) is 0. The minimum absolute atomic E-state index is 0.0886. The Labute approximate surface area is 114 Å². The molecule has 0 spiro atoms. The van der Waals surface area contributed by atoms with Gasteiger partial charge in [-0.2, -0.15) is 0 Å². The molecule has 0 saturated heterocycles. The van der Waals surface area contributed by atoms with E-state index in [1.54, 1.807) is 0 Å². The van der Waals surface area contributed by atoms with Crippen molar-refractivity contribution in [1.82, 2.24) is 20.8 Å². The summed E-state index contributed by atoms with van der Waals surface area (Å²) in [6.07, 6.45) is 1.45. The molecule has 1 aromatic rings. The van der Waals surface area contributed by atoms with Crippen molar-refractivity contribution >= 4 is 17.3 Å². The summed E-state index contributed by atoms with van der Waals surface area (Å²) in [5.41, 5.74) is 18.5. The van der Waals surface area contributed by atoms with Crippen molar-refractivity contribution < 1.29 is 0 Å². The maximum atomic E-state index is 6.01. The second-order valence-corrected chi connectivity index (χ2v) is 6.48. The van der Waals surface area contributed by atoms with Crippen LogP contribution in [0.5, 0.6) is 0 Å². The molecule has 1 rings (SSSR count). The smallest absolute Gasteiger partial charge is 0.169 e. The molecule has 0 atom stereocenters. The zero-order chi connectivity index (χ0) is 14.7. The standard InChI is InChI=1S/C12H25N7/c1-11(2,3)18-16-9-8(13)10(15-7-14-9)17-19-12(4,5)6/h7,18-19H,13H2,1-6H3,(H2,14,15,16,17). The van der Waals surface area contributed by atoms with Crippen LogP contribution in [0.4, 0.5) is 17.3 Å². The molecule has 0 saturated carbocycles. The average molecular weight is 267 g/mol. The zero-order valence-electron chi connectivity index (χ0n) is 12.5. The molecule has 1 heterocycles. The molecule has 7 nitrogen and oxygen atoms in total. The third-order valence-electron chi connectivity index (χ3n) is 2.00. The molecule has 0 fully saturated rings. The summed E-state index contributed by atoms with van der Waals surface area (Å²) in [5.74, 6) is 1.09. The first-order valence-corrected chi connectivity index (χ1v) is 6.25. The highest BCUT2D eigenvalue weighted by Gasteiger charge is 2.14. The van der Waals surface area contributed by atoms with E-state index in [1.165, 1.54) is 6.33 Å². The Balaban J connectivity index is 2.75. The van der Waals surface area contributed by atoms with Crippen molar-refractivity contribution in [2.75, 3.05) is 16.6 Å². The van der Waals surface area contributed by atoms with Gasteiger partial charge in [0.05, 0.1) is 0 Å². The van der Waals surface area contributed by atoms with Gasteiger partial charge in [0, 0.05) is 11.1 Å². The number of aromatic nitrogens is 2. The van der Waals surface area contributed by atoms with E-state index >= 15 is 0 Å². The van der Waals surface area contributed by atoms with Crippen LogP contribution in [-0.2, 0) is 0 Å². The van der Waals surface area contributed by atoms with Crippen molar-refractivity contribution in [1.29, 1.82) is 0 Å². The first kappa shape index (κ1) is 15.5. The summed E-state index contributed by atoms with van der Waals surface area (Å²) in [4.78, 5) is 8.22. The Morgan fingerprint density at radius 1 is 0.842 bits per heavy atom. The quantitative estimate of drug-likeness (QED) is 0.527. The highest BCUT2D eigenvalue weighted by Crippen LogP contribution is 2.21. The van der Waals surface area contributed by atoms with E-state index < -0.39 is 0 Å². The molecule has 108 valence electrons. The summed E-state index contributed by atoms with van der Waals surface area (Å²) >= 11 is 0. The van der Waals surface area contributed by atoms with Gasteiger partial charge in [-0.3, -0.25) is 0 Å². The summed E-state index contributed by atoms with van der Waals surface area (Å²) in [7, 11) is 0. The normalized spacial score (nSPS) is 12.3. The molecule has 0 aliphatic carbocycles. The first-order chi connectivity index (χ1) is 8.58. The third-order valence-corrected chi connectivity index (χ3v) is 2.00. The highest BCUT2D eigenvalue weighted by molar-refractivity contribution is 5.73. The Bertz CT molecular complexity index is 381. The molecule has 0 amide bonds. The lowest BCUT2D eigenvalue weighted by Crippen LogP contribution is -2.41.